The zero-order valence-electron chi connectivity index (χ0n) is 10.8. The number of nitrogens with zero attached hydrogens (tertiary/aromatic N) is 3. The average molecular weight is 239 g/mol. The summed E-state index contributed by atoms with van der Waals surface area (Å²) in [5, 5.41) is 8.82. The van der Waals surface area contributed by atoms with Crippen LogP contribution in [0.2, 0.25) is 0 Å². The van der Waals surface area contributed by atoms with Gasteiger partial charge in [0.1, 0.15) is 6.04 Å². The van der Waals surface area contributed by atoms with Gasteiger partial charge in [0.2, 0.25) is 5.91 Å². The molecule has 1 fully saturated rings. The second kappa shape index (κ2) is 6.58. The molecular formula is C12H21N3O2. The van der Waals surface area contributed by atoms with Gasteiger partial charge in [-0.1, -0.05) is 0 Å². The first-order valence-corrected chi connectivity index (χ1v) is 5.98. The van der Waals surface area contributed by atoms with E-state index in [-0.39, 0.29) is 18.4 Å². The monoisotopic (exact) mass is 239 g/mol. The lowest BCUT2D eigenvalue weighted by molar-refractivity contribution is -0.135. The minimum absolute atomic E-state index is 0.0513. The molecule has 0 spiro atoms. The summed E-state index contributed by atoms with van der Waals surface area (Å²) in [6, 6.07) is 2.12. The van der Waals surface area contributed by atoms with Gasteiger partial charge in [-0.3, -0.25) is 9.69 Å². The van der Waals surface area contributed by atoms with E-state index < -0.39 is 0 Å². The maximum absolute atomic E-state index is 12.3. The van der Waals surface area contributed by atoms with Crippen LogP contribution >= 0.6 is 0 Å². The van der Waals surface area contributed by atoms with Crippen molar-refractivity contribution < 1.29 is 9.53 Å². The van der Waals surface area contributed by atoms with Gasteiger partial charge >= 0.3 is 0 Å². The summed E-state index contributed by atoms with van der Waals surface area (Å²) in [6.07, 6.45) is 1.19. The Morgan fingerprint density at radius 3 is 2.88 bits per heavy atom. The number of hydrogen-bond acceptors (Lipinski definition) is 4. The van der Waals surface area contributed by atoms with Crippen LogP contribution in [0.4, 0.5) is 0 Å². The number of likely N-dealkylation sites (N-methyl/N-ethyl adjacent to an activating group) is 1. The highest BCUT2D eigenvalue weighted by atomic mass is 16.5. The van der Waals surface area contributed by atoms with Crippen LogP contribution < -0.4 is 0 Å². The first kappa shape index (κ1) is 13.9. The van der Waals surface area contributed by atoms with Gasteiger partial charge in [0, 0.05) is 26.2 Å². The first-order valence-electron chi connectivity index (χ1n) is 5.98. The summed E-state index contributed by atoms with van der Waals surface area (Å²) >= 11 is 0. The van der Waals surface area contributed by atoms with Gasteiger partial charge in [-0.25, -0.2) is 0 Å². The number of nitriles is 1. The van der Waals surface area contributed by atoms with Crippen LogP contribution in [0.3, 0.4) is 0 Å². The van der Waals surface area contributed by atoms with Crippen LogP contribution in [0.25, 0.3) is 0 Å². The van der Waals surface area contributed by atoms with Crippen LogP contribution in [0.5, 0.6) is 0 Å². The zero-order valence-corrected chi connectivity index (χ0v) is 10.8. The molecule has 1 rings (SSSR count). The Morgan fingerprint density at radius 1 is 1.59 bits per heavy atom. The lowest BCUT2D eigenvalue weighted by Crippen LogP contribution is -2.46. The van der Waals surface area contributed by atoms with Crippen molar-refractivity contribution in [3.63, 3.8) is 0 Å². The Kier molecular flexibility index (Phi) is 5.39. The normalized spacial score (nSPS) is 26.7. The molecule has 1 amide bonds. The summed E-state index contributed by atoms with van der Waals surface area (Å²) in [5.41, 5.74) is 0. The molecule has 5 heteroatoms. The third-order valence-corrected chi connectivity index (χ3v) is 3.45. The third-order valence-electron chi connectivity index (χ3n) is 3.45. The molecule has 0 N–H and O–H groups in total. The molecule has 0 aliphatic carbocycles. The van der Waals surface area contributed by atoms with E-state index in [1.807, 2.05) is 16.8 Å². The summed E-state index contributed by atoms with van der Waals surface area (Å²) in [7, 11) is 3.55. The number of methoxy groups -OCH3 is 1. The summed E-state index contributed by atoms with van der Waals surface area (Å²) < 4.78 is 5.01. The smallest absolute Gasteiger partial charge is 0.241 e. The molecule has 0 aromatic heterocycles. The molecule has 1 saturated heterocycles. The van der Waals surface area contributed by atoms with Crippen molar-refractivity contribution in [1.82, 2.24) is 9.80 Å². The van der Waals surface area contributed by atoms with Crippen molar-refractivity contribution >= 4 is 5.91 Å². The van der Waals surface area contributed by atoms with Crippen molar-refractivity contribution in [2.45, 2.75) is 31.8 Å². The fraction of sp³-hybridized carbons (Fsp3) is 0.833. The van der Waals surface area contributed by atoms with E-state index in [0.717, 1.165) is 13.0 Å². The summed E-state index contributed by atoms with van der Waals surface area (Å²) in [6.45, 7) is 3.99. The van der Waals surface area contributed by atoms with E-state index in [4.69, 9.17) is 10.00 Å². The molecule has 2 atom stereocenters. The van der Waals surface area contributed by atoms with E-state index in [1.165, 1.54) is 0 Å². The topological polar surface area (TPSA) is 56.6 Å². The fourth-order valence-electron chi connectivity index (χ4n) is 2.09. The molecule has 2 unspecified atom stereocenters. The summed E-state index contributed by atoms with van der Waals surface area (Å²) in [4.78, 5) is 16.1. The van der Waals surface area contributed by atoms with Gasteiger partial charge in [0.15, 0.2) is 0 Å². The van der Waals surface area contributed by atoms with Crippen molar-refractivity contribution in [3.8, 4) is 6.07 Å². The number of amides is 1. The number of carbonyl (C=O) groups excluding carboxylic acids is 1. The van der Waals surface area contributed by atoms with Gasteiger partial charge in [0.25, 0.3) is 0 Å². The van der Waals surface area contributed by atoms with Gasteiger partial charge in [0.05, 0.1) is 19.1 Å². The van der Waals surface area contributed by atoms with Crippen LogP contribution in [-0.2, 0) is 9.53 Å². The molecule has 1 aliphatic heterocycles. The van der Waals surface area contributed by atoms with Crippen molar-refractivity contribution in [1.29, 1.82) is 5.26 Å². The third kappa shape index (κ3) is 3.42. The molecule has 0 aromatic carbocycles. The Labute approximate surface area is 103 Å². The average Bonchev–Trinajstić information content (AvgIpc) is 2.42. The fourth-order valence-corrected chi connectivity index (χ4v) is 2.09. The first-order chi connectivity index (χ1) is 8.11. The van der Waals surface area contributed by atoms with Gasteiger partial charge in [-0.15, -0.1) is 0 Å². The van der Waals surface area contributed by atoms with Crippen LogP contribution in [0.15, 0.2) is 0 Å². The second-order valence-electron chi connectivity index (χ2n) is 4.50. The molecule has 1 heterocycles. The molecule has 5 nitrogen and oxygen atoms in total. The van der Waals surface area contributed by atoms with E-state index in [2.05, 4.69) is 13.0 Å². The Balaban J connectivity index is 2.77. The van der Waals surface area contributed by atoms with E-state index in [1.54, 1.807) is 7.11 Å². The molecule has 1 aliphatic rings. The minimum Gasteiger partial charge on any atom is -0.383 e. The van der Waals surface area contributed by atoms with Crippen molar-refractivity contribution in [3.05, 3.63) is 0 Å². The number of ether oxygens (including phenoxy) is 1. The number of carbonyl (C=O) groups is 1. The highest BCUT2D eigenvalue weighted by Crippen LogP contribution is 2.17. The van der Waals surface area contributed by atoms with Gasteiger partial charge in [-0.05, 0) is 20.4 Å². The van der Waals surface area contributed by atoms with Crippen LogP contribution in [0.1, 0.15) is 19.8 Å². The maximum Gasteiger partial charge on any atom is 0.241 e. The van der Waals surface area contributed by atoms with Crippen LogP contribution in [-0.4, -0.2) is 61.6 Å². The molecule has 0 bridgehead atoms. The van der Waals surface area contributed by atoms with Crippen molar-refractivity contribution in [2.75, 3.05) is 33.9 Å². The second-order valence-corrected chi connectivity index (χ2v) is 4.50. The molecule has 0 radical (unpaired) electrons. The van der Waals surface area contributed by atoms with E-state index in [9.17, 15) is 4.79 Å². The SMILES string of the molecule is COCCN1CCC(C)N(C)C(CC#N)C1=O. The highest BCUT2D eigenvalue weighted by molar-refractivity contribution is 5.82. The Hall–Kier alpha value is -1.12. The largest absolute Gasteiger partial charge is 0.383 e. The Bertz CT molecular complexity index is 301. The molecule has 0 aromatic rings. The van der Waals surface area contributed by atoms with Gasteiger partial charge < -0.3 is 9.64 Å². The molecule has 96 valence electrons. The molecule has 17 heavy (non-hydrogen) atoms. The maximum atomic E-state index is 12.3. The van der Waals surface area contributed by atoms with E-state index in [0.29, 0.717) is 19.2 Å². The number of rotatable bonds is 4. The molecule has 0 saturated carbocycles. The standard InChI is InChI=1S/C12H21N3O2/c1-10-5-7-15(8-9-17-3)12(16)11(4-6-13)14(10)2/h10-11H,4-5,7-9H2,1-3H3. The zero-order chi connectivity index (χ0) is 12.8. The van der Waals surface area contributed by atoms with Crippen LogP contribution in [0, 0.1) is 11.3 Å². The van der Waals surface area contributed by atoms with E-state index >= 15 is 0 Å². The van der Waals surface area contributed by atoms with Crippen molar-refractivity contribution in [2.24, 2.45) is 0 Å². The lowest BCUT2D eigenvalue weighted by atomic mass is 10.1. The van der Waals surface area contributed by atoms with Gasteiger partial charge in [-0.2, -0.15) is 5.26 Å². The predicted octanol–water partition coefficient (Wildman–Crippen LogP) is 0.468. The Morgan fingerprint density at radius 2 is 2.29 bits per heavy atom. The highest BCUT2D eigenvalue weighted by Gasteiger charge is 2.33. The minimum atomic E-state index is -0.311. The molecular weight excluding hydrogens is 218 g/mol. The lowest BCUT2D eigenvalue weighted by Gasteiger charge is -2.28. The summed E-state index contributed by atoms with van der Waals surface area (Å²) in [5.74, 6) is 0.0513. The quantitative estimate of drug-likeness (QED) is 0.715. The number of hydrogen-bond donors (Lipinski definition) is 0. The predicted molar refractivity (Wildman–Crippen MR) is 64.3 cm³/mol.